The van der Waals surface area contributed by atoms with Crippen LogP contribution in [0.2, 0.25) is 0 Å². The van der Waals surface area contributed by atoms with Gasteiger partial charge in [0.05, 0.1) is 11.7 Å². The first-order valence-corrected chi connectivity index (χ1v) is 10.2. The van der Waals surface area contributed by atoms with Crippen molar-refractivity contribution in [2.24, 2.45) is 0 Å². The molecule has 0 N–H and O–H groups in total. The SMILES string of the molecule is O=C(COc1ccccc1)N1CCCC[C@@H]1c1nc(-c2ccccc2)cs1. The van der Waals surface area contributed by atoms with Gasteiger partial charge in [-0.05, 0) is 31.4 Å². The Morgan fingerprint density at radius 3 is 2.59 bits per heavy atom. The second-order valence-corrected chi connectivity index (χ2v) is 7.53. The Bertz CT molecular complexity index is 880. The number of hydrogen-bond donors (Lipinski definition) is 0. The lowest BCUT2D eigenvalue weighted by molar-refractivity contribution is -0.137. The zero-order chi connectivity index (χ0) is 18.5. The molecule has 5 heteroatoms. The maximum atomic E-state index is 12.8. The third-order valence-electron chi connectivity index (χ3n) is 4.81. The highest BCUT2D eigenvalue weighted by Gasteiger charge is 2.30. The summed E-state index contributed by atoms with van der Waals surface area (Å²) < 4.78 is 5.67. The monoisotopic (exact) mass is 378 g/mol. The van der Waals surface area contributed by atoms with Gasteiger partial charge in [-0.1, -0.05) is 48.5 Å². The molecule has 0 spiro atoms. The first-order valence-electron chi connectivity index (χ1n) is 9.29. The van der Waals surface area contributed by atoms with Gasteiger partial charge >= 0.3 is 0 Å². The minimum Gasteiger partial charge on any atom is -0.484 e. The highest BCUT2D eigenvalue weighted by atomic mass is 32.1. The molecule has 27 heavy (non-hydrogen) atoms. The van der Waals surface area contributed by atoms with Crippen LogP contribution < -0.4 is 4.74 Å². The highest BCUT2D eigenvalue weighted by molar-refractivity contribution is 7.10. The number of para-hydroxylation sites is 1. The lowest BCUT2D eigenvalue weighted by atomic mass is 10.0. The van der Waals surface area contributed by atoms with Crippen molar-refractivity contribution in [3.8, 4) is 17.0 Å². The van der Waals surface area contributed by atoms with Crippen LogP contribution in [0.25, 0.3) is 11.3 Å². The van der Waals surface area contributed by atoms with Crippen LogP contribution in [-0.2, 0) is 4.79 Å². The molecule has 0 radical (unpaired) electrons. The zero-order valence-electron chi connectivity index (χ0n) is 15.1. The van der Waals surface area contributed by atoms with Crippen LogP contribution >= 0.6 is 11.3 Å². The van der Waals surface area contributed by atoms with E-state index in [1.165, 1.54) is 0 Å². The molecule has 2 heterocycles. The maximum Gasteiger partial charge on any atom is 0.261 e. The molecule has 3 aromatic rings. The zero-order valence-corrected chi connectivity index (χ0v) is 15.9. The molecular formula is C22H22N2O2S. The van der Waals surface area contributed by atoms with Crippen LogP contribution in [0.3, 0.4) is 0 Å². The summed E-state index contributed by atoms with van der Waals surface area (Å²) in [5.74, 6) is 0.750. The van der Waals surface area contributed by atoms with Crippen molar-refractivity contribution in [2.45, 2.75) is 25.3 Å². The van der Waals surface area contributed by atoms with Gasteiger partial charge in [0, 0.05) is 17.5 Å². The Balaban J connectivity index is 1.47. The van der Waals surface area contributed by atoms with Gasteiger partial charge in [0.15, 0.2) is 6.61 Å². The average molecular weight is 378 g/mol. The Labute approximate surface area is 163 Å². The van der Waals surface area contributed by atoms with E-state index < -0.39 is 0 Å². The van der Waals surface area contributed by atoms with Crippen molar-refractivity contribution < 1.29 is 9.53 Å². The average Bonchev–Trinajstić information content (AvgIpc) is 3.23. The molecule has 1 fully saturated rings. The van der Waals surface area contributed by atoms with E-state index in [0.717, 1.165) is 47.8 Å². The van der Waals surface area contributed by atoms with E-state index in [-0.39, 0.29) is 18.6 Å². The lowest BCUT2D eigenvalue weighted by Crippen LogP contribution is -2.41. The number of carbonyl (C=O) groups is 1. The number of piperidine rings is 1. The van der Waals surface area contributed by atoms with Crippen molar-refractivity contribution in [1.82, 2.24) is 9.88 Å². The first-order chi connectivity index (χ1) is 13.3. The fourth-order valence-corrected chi connectivity index (χ4v) is 4.39. The molecule has 1 aliphatic rings. The molecule has 138 valence electrons. The smallest absolute Gasteiger partial charge is 0.261 e. The van der Waals surface area contributed by atoms with E-state index in [2.05, 4.69) is 17.5 Å². The number of benzene rings is 2. The molecule has 0 unspecified atom stereocenters. The molecular weight excluding hydrogens is 356 g/mol. The summed E-state index contributed by atoms with van der Waals surface area (Å²) in [6.07, 6.45) is 3.11. The standard InChI is InChI=1S/C22H22N2O2S/c25-21(15-26-18-11-5-2-6-12-18)24-14-8-7-13-20(24)22-23-19(16-27-22)17-9-3-1-4-10-17/h1-6,9-12,16,20H,7-8,13-15H2/t20-/m1/s1. The van der Waals surface area contributed by atoms with Crippen LogP contribution in [0, 0.1) is 0 Å². The third-order valence-corrected chi connectivity index (χ3v) is 5.75. The predicted octanol–water partition coefficient (Wildman–Crippen LogP) is 4.94. The van der Waals surface area contributed by atoms with Crippen LogP contribution in [0.1, 0.15) is 30.3 Å². The van der Waals surface area contributed by atoms with Gasteiger partial charge in [0.1, 0.15) is 10.8 Å². The summed E-state index contributed by atoms with van der Waals surface area (Å²) in [5, 5.41) is 3.10. The van der Waals surface area contributed by atoms with Crippen molar-refractivity contribution >= 4 is 17.2 Å². The van der Waals surface area contributed by atoms with Gasteiger partial charge in [-0.25, -0.2) is 4.98 Å². The van der Waals surface area contributed by atoms with Crippen LogP contribution in [-0.4, -0.2) is 28.9 Å². The molecule has 1 atom stereocenters. The molecule has 4 nitrogen and oxygen atoms in total. The summed E-state index contributed by atoms with van der Waals surface area (Å²) in [4.78, 5) is 19.6. The number of aromatic nitrogens is 1. The second kappa shape index (κ2) is 8.35. The van der Waals surface area contributed by atoms with Gasteiger partial charge in [-0.15, -0.1) is 11.3 Å². The first kappa shape index (κ1) is 17.7. The lowest BCUT2D eigenvalue weighted by Gasteiger charge is -2.34. The number of amides is 1. The summed E-state index contributed by atoms with van der Waals surface area (Å²) in [5.41, 5.74) is 2.09. The fraction of sp³-hybridized carbons (Fsp3) is 0.273. The van der Waals surface area contributed by atoms with Crippen molar-refractivity contribution in [3.63, 3.8) is 0 Å². The topological polar surface area (TPSA) is 42.4 Å². The van der Waals surface area contributed by atoms with Crippen LogP contribution in [0.15, 0.2) is 66.0 Å². The van der Waals surface area contributed by atoms with E-state index in [1.807, 2.05) is 53.4 Å². The highest BCUT2D eigenvalue weighted by Crippen LogP contribution is 2.34. The molecule has 1 saturated heterocycles. The number of ether oxygens (including phenoxy) is 1. The number of rotatable bonds is 5. The molecule has 1 amide bonds. The summed E-state index contributed by atoms with van der Waals surface area (Å²) in [6.45, 7) is 0.833. The van der Waals surface area contributed by atoms with Gasteiger partial charge in [0.2, 0.25) is 0 Å². The quantitative estimate of drug-likeness (QED) is 0.631. The number of hydrogen-bond acceptors (Lipinski definition) is 4. The molecule has 1 aromatic heterocycles. The fourth-order valence-electron chi connectivity index (χ4n) is 3.41. The maximum absolute atomic E-state index is 12.8. The predicted molar refractivity (Wildman–Crippen MR) is 108 cm³/mol. The Kier molecular flexibility index (Phi) is 5.49. The normalized spacial score (nSPS) is 16.9. The van der Waals surface area contributed by atoms with E-state index in [0.29, 0.717) is 0 Å². The second-order valence-electron chi connectivity index (χ2n) is 6.64. The molecule has 0 bridgehead atoms. The van der Waals surface area contributed by atoms with Gasteiger partial charge < -0.3 is 9.64 Å². The summed E-state index contributed by atoms with van der Waals surface area (Å²) in [6, 6.07) is 19.7. The molecule has 0 aliphatic carbocycles. The van der Waals surface area contributed by atoms with Crippen LogP contribution in [0.5, 0.6) is 5.75 Å². The number of likely N-dealkylation sites (tertiary alicyclic amines) is 1. The Morgan fingerprint density at radius 2 is 1.81 bits per heavy atom. The number of thiazole rings is 1. The third kappa shape index (κ3) is 4.19. The molecule has 1 aliphatic heterocycles. The van der Waals surface area contributed by atoms with Gasteiger partial charge in [-0.2, -0.15) is 0 Å². The Hall–Kier alpha value is -2.66. The van der Waals surface area contributed by atoms with E-state index in [9.17, 15) is 4.79 Å². The van der Waals surface area contributed by atoms with Crippen LogP contribution in [0.4, 0.5) is 0 Å². The van der Waals surface area contributed by atoms with Crippen molar-refractivity contribution in [3.05, 3.63) is 71.1 Å². The van der Waals surface area contributed by atoms with Gasteiger partial charge in [0.25, 0.3) is 5.91 Å². The number of carbonyl (C=O) groups excluding carboxylic acids is 1. The van der Waals surface area contributed by atoms with E-state index >= 15 is 0 Å². The Morgan fingerprint density at radius 1 is 1.07 bits per heavy atom. The van der Waals surface area contributed by atoms with Crippen molar-refractivity contribution in [2.75, 3.05) is 13.2 Å². The van der Waals surface area contributed by atoms with Crippen molar-refractivity contribution in [1.29, 1.82) is 0 Å². The largest absolute Gasteiger partial charge is 0.484 e. The minimum absolute atomic E-state index is 0.0278. The summed E-state index contributed by atoms with van der Waals surface area (Å²) in [7, 11) is 0. The van der Waals surface area contributed by atoms with E-state index in [1.54, 1.807) is 11.3 Å². The van der Waals surface area contributed by atoms with E-state index in [4.69, 9.17) is 9.72 Å². The molecule has 4 rings (SSSR count). The minimum atomic E-state index is 0.0278. The molecule has 2 aromatic carbocycles. The summed E-state index contributed by atoms with van der Waals surface area (Å²) >= 11 is 1.64. The molecule has 0 saturated carbocycles. The number of nitrogens with zero attached hydrogens (tertiary/aromatic N) is 2. The van der Waals surface area contributed by atoms with Gasteiger partial charge in [-0.3, -0.25) is 4.79 Å².